The van der Waals surface area contributed by atoms with E-state index in [1.807, 2.05) is 36.4 Å². The van der Waals surface area contributed by atoms with Gasteiger partial charge in [0, 0.05) is 30.9 Å². The van der Waals surface area contributed by atoms with Crippen molar-refractivity contribution in [1.29, 1.82) is 0 Å². The van der Waals surface area contributed by atoms with Crippen LogP contribution in [0.5, 0.6) is 0 Å². The summed E-state index contributed by atoms with van der Waals surface area (Å²) in [5.74, 6) is -0.0886. The molecule has 4 rings (SSSR count). The highest BCUT2D eigenvalue weighted by atomic mass is 35.5. The van der Waals surface area contributed by atoms with E-state index in [4.69, 9.17) is 16.3 Å². The third-order valence-electron chi connectivity index (χ3n) is 4.82. The molecule has 3 atom stereocenters. The first-order chi connectivity index (χ1) is 12.2. The Kier molecular flexibility index (Phi) is 4.70. The lowest BCUT2D eigenvalue weighted by Crippen LogP contribution is -2.44. The van der Waals surface area contributed by atoms with Gasteiger partial charge in [-0.05, 0) is 36.2 Å². The van der Waals surface area contributed by atoms with Gasteiger partial charge >= 0.3 is 0 Å². The van der Waals surface area contributed by atoms with Crippen LogP contribution in [0.1, 0.15) is 12.0 Å². The number of benzene rings is 1. The van der Waals surface area contributed by atoms with Crippen LogP contribution in [0.15, 0.2) is 48.8 Å². The topological polar surface area (TPSA) is 54.5 Å². The lowest BCUT2D eigenvalue weighted by atomic mass is 9.99. The molecule has 0 spiro atoms. The Bertz CT molecular complexity index is 738. The van der Waals surface area contributed by atoms with Crippen LogP contribution in [0.3, 0.4) is 0 Å². The predicted molar refractivity (Wildman–Crippen MR) is 96.4 cm³/mol. The molecule has 1 N–H and O–H groups in total. The number of pyridine rings is 1. The van der Waals surface area contributed by atoms with Gasteiger partial charge in [-0.15, -0.1) is 0 Å². The fraction of sp³-hybridized carbons (Fsp3) is 0.368. The summed E-state index contributed by atoms with van der Waals surface area (Å²) in [4.78, 5) is 19.0. The van der Waals surface area contributed by atoms with E-state index >= 15 is 0 Å². The number of fused-ring (bicyclic) bond motifs is 2. The maximum atomic E-state index is 12.6. The number of hydrogen-bond acceptors (Lipinski definition) is 4. The van der Waals surface area contributed by atoms with Crippen molar-refractivity contribution in [1.82, 2.24) is 9.88 Å². The number of aromatic nitrogens is 1. The van der Waals surface area contributed by atoms with Gasteiger partial charge in [-0.2, -0.15) is 0 Å². The minimum Gasteiger partial charge on any atom is -0.371 e. The van der Waals surface area contributed by atoms with E-state index in [2.05, 4.69) is 15.2 Å². The second kappa shape index (κ2) is 7.12. The number of rotatable bonds is 4. The molecule has 1 amide bonds. The molecule has 130 valence electrons. The molecule has 0 aliphatic carbocycles. The minimum atomic E-state index is -0.111. The molecule has 2 aliphatic heterocycles. The number of morpholine rings is 1. The van der Waals surface area contributed by atoms with Crippen molar-refractivity contribution in [3.8, 4) is 0 Å². The Labute approximate surface area is 152 Å². The molecule has 0 radical (unpaired) electrons. The molecule has 1 aromatic heterocycles. The van der Waals surface area contributed by atoms with Gasteiger partial charge in [-0.3, -0.25) is 14.7 Å². The quantitative estimate of drug-likeness (QED) is 0.914. The van der Waals surface area contributed by atoms with Gasteiger partial charge in [0.1, 0.15) is 0 Å². The summed E-state index contributed by atoms with van der Waals surface area (Å²) in [6, 6.07) is 11.6. The van der Waals surface area contributed by atoms with E-state index in [9.17, 15) is 4.79 Å². The largest absolute Gasteiger partial charge is 0.371 e. The van der Waals surface area contributed by atoms with Crippen LogP contribution < -0.4 is 5.32 Å². The molecule has 2 saturated heterocycles. The summed E-state index contributed by atoms with van der Waals surface area (Å²) in [6.45, 7) is 2.48. The molecule has 2 aromatic rings. The van der Waals surface area contributed by atoms with E-state index < -0.39 is 0 Å². The Balaban J connectivity index is 1.38. The summed E-state index contributed by atoms with van der Waals surface area (Å²) < 4.78 is 6.02. The van der Waals surface area contributed by atoms with Crippen molar-refractivity contribution in [2.24, 2.45) is 5.92 Å². The van der Waals surface area contributed by atoms with Crippen molar-refractivity contribution < 1.29 is 9.53 Å². The fourth-order valence-corrected chi connectivity index (χ4v) is 3.79. The number of hydrogen-bond donors (Lipinski definition) is 1. The molecule has 0 saturated carbocycles. The molecule has 25 heavy (non-hydrogen) atoms. The maximum absolute atomic E-state index is 12.6. The molecular formula is C19H20ClN3O2. The summed E-state index contributed by atoms with van der Waals surface area (Å²) >= 11 is 5.95. The molecule has 2 aliphatic rings. The number of anilines is 1. The predicted octanol–water partition coefficient (Wildman–Crippen LogP) is 2.96. The monoisotopic (exact) mass is 357 g/mol. The lowest BCUT2D eigenvalue weighted by Gasteiger charge is -2.32. The van der Waals surface area contributed by atoms with Crippen molar-refractivity contribution >= 4 is 23.2 Å². The van der Waals surface area contributed by atoms with Crippen molar-refractivity contribution in [3.63, 3.8) is 0 Å². The first-order valence-electron chi connectivity index (χ1n) is 8.50. The number of ether oxygens (including phenoxy) is 1. The third kappa shape index (κ3) is 3.84. The summed E-state index contributed by atoms with van der Waals surface area (Å²) in [5.41, 5.74) is 1.95. The van der Waals surface area contributed by atoms with Crippen LogP contribution in [0, 0.1) is 5.92 Å². The van der Waals surface area contributed by atoms with E-state index in [1.165, 1.54) is 5.56 Å². The van der Waals surface area contributed by atoms with Crippen LogP contribution in [0.25, 0.3) is 0 Å². The normalized spacial score (nSPS) is 25.7. The highest BCUT2D eigenvalue weighted by molar-refractivity contribution is 6.30. The fourth-order valence-electron chi connectivity index (χ4n) is 3.66. The molecule has 0 unspecified atom stereocenters. The highest BCUT2D eigenvalue weighted by Gasteiger charge is 2.44. The van der Waals surface area contributed by atoms with Gasteiger partial charge in [0.05, 0.1) is 30.0 Å². The van der Waals surface area contributed by atoms with E-state index in [1.54, 1.807) is 12.4 Å². The Morgan fingerprint density at radius 1 is 1.28 bits per heavy atom. The second-order valence-electron chi connectivity index (χ2n) is 6.69. The number of likely N-dealkylation sites (tertiary alicyclic amines) is 1. The van der Waals surface area contributed by atoms with Crippen LogP contribution in [-0.4, -0.2) is 41.1 Å². The van der Waals surface area contributed by atoms with Gasteiger partial charge < -0.3 is 10.1 Å². The highest BCUT2D eigenvalue weighted by Crippen LogP contribution is 2.33. The second-order valence-corrected chi connectivity index (χ2v) is 7.13. The van der Waals surface area contributed by atoms with E-state index in [0.717, 1.165) is 36.8 Å². The smallest absolute Gasteiger partial charge is 0.230 e. The van der Waals surface area contributed by atoms with Gasteiger partial charge in [-0.25, -0.2) is 0 Å². The average molecular weight is 358 g/mol. The standard InChI is InChI=1S/C19H20ClN3O2/c20-14-5-3-13(4-6-14)10-23-11-16-8-17(18(12-23)25-16)19(24)22-15-2-1-7-21-9-15/h1-7,9,16-18H,8,10-12H2,(H,22,24)/t16-,17+,18+/m0/s1. The molecular weight excluding hydrogens is 338 g/mol. The Morgan fingerprint density at radius 3 is 2.88 bits per heavy atom. The molecule has 3 heterocycles. The summed E-state index contributed by atoms with van der Waals surface area (Å²) in [7, 11) is 0. The number of halogens is 1. The number of nitrogens with zero attached hydrogens (tertiary/aromatic N) is 2. The van der Waals surface area contributed by atoms with Gasteiger partial charge in [-0.1, -0.05) is 23.7 Å². The molecule has 2 fully saturated rings. The van der Waals surface area contributed by atoms with Crippen molar-refractivity contribution in [2.45, 2.75) is 25.2 Å². The SMILES string of the molecule is O=C(Nc1cccnc1)[C@@H]1C[C@H]2CN(Cc3ccc(Cl)cc3)C[C@H]1O2. The van der Waals surface area contributed by atoms with E-state index in [-0.39, 0.29) is 24.0 Å². The molecule has 2 bridgehead atoms. The van der Waals surface area contributed by atoms with Crippen LogP contribution >= 0.6 is 11.6 Å². The zero-order valence-corrected chi connectivity index (χ0v) is 14.5. The first-order valence-corrected chi connectivity index (χ1v) is 8.88. The Hall–Kier alpha value is -1.95. The van der Waals surface area contributed by atoms with Crippen LogP contribution in [0.2, 0.25) is 5.02 Å². The average Bonchev–Trinajstić information content (AvgIpc) is 2.92. The van der Waals surface area contributed by atoms with Crippen molar-refractivity contribution in [2.75, 3.05) is 18.4 Å². The molecule has 5 nitrogen and oxygen atoms in total. The van der Waals surface area contributed by atoms with Crippen molar-refractivity contribution in [3.05, 3.63) is 59.4 Å². The Morgan fingerprint density at radius 2 is 2.12 bits per heavy atom. The number of carbonyl (C=O) groups excluding carboxylic acids is 1. The lowest BCUT2D eigenvalue weighted by molar-refractivity contribution is -0.123. The summed E-state index contributed by atoms with van der Waals surface area (Å²) in [5, 5.41) is 3.70. The zero-order chi connectivity index (χ0) is 17.2. The zero-order valence-electron chi connectivity index (χ0n) is 13.8. The number of carbonyl (C=O) groups is 1. The number of nitrogens with one attached hydrogen (secondary N) is 1. The van der Waals surface area contributed by atoms with Gasteiger partial charge in [0.25, 0.3) is 0 Å². The van der Waals surface area contributed by atoms with Crippen LogP contribution in [0.4, 0.5) is 5.69 Å². The maximum Gasteiger partial charge on any atom is 0.230 e. The molecule has 1 aromatic carbocycles. The molecule has 6 heteroatoms. The first kappa shape index (κ1) is 16.5. The van der Waals surface area contributed by atoms with E-state index in [0.29, 0.717) is 0 Å². The minimum absolute atomic E-state index is 0.0221. The van der Waals surface area contributed by atoms with Gasteiger partial charge in [0.15, 0.2) is 0 Å². The summed E-state index contributed by atoms with van der Waals surface area (Å²) in [6.07, 6.45) is 4.19. The third-order valence-corrected chi connectivity index (χ3v) is 5.07. The van der Waals surface area contributed by atoms with Gasteiger partial charge in [0.2, 0.25) is 5.91 Å². The van der Waals surface area contributed by atoms with Crippen LogP contribution in [-0.2, 0) is 16.1 Å². The number of amides is 1.